The second kappa shape index (κ2) is 6.71. The Morgan fingerprint density at radius 1 is 1.47 bits per heavy atom. The van der Waals surface area contributed by atoms with Gasteiger partial charge in [0, 0.05) is 24.8 Å². The molecule has 1 aliphatic rings. The molecule has 19 heavy (non-hydrogen) atoms. The number of aryl methyl sites for hydroxylation is 1. The lowest BCUT2D eigenvalue weighted by Gasteiger charge is -2.22. The molecule has 3 nitrogen and oxygen atoms in total. The van der Waals surface area contributed by atoms with Crippen LogP contribution in [-0.4, -0.2) is 24.1 Å². The highest BCUT2D eigenvalue weighted by molar-refractivity contribution is 5.44. The zero-order valence-corrected chi connectivity index (χ0v) is 12.2. The van der Waals surface area contributed by atoms with E-state index >= 15 is 0 Å². The second-order valence-corrected chi connectivity index (χ2v) is 5.26. The normalized spacial score (nSPS) is 14.4. The molecule has 1 fully saturated rings. The van der Waals surface area contributed by atoms with E-state index in [4.69, 9.17) is 4.98 Å². The third kappa shape index (κ3) is 3.80. The van der Waals surface area contributed by atoms with Crippen LogP contribution in [0.25, 0.3) is 0 Å². The fourth-order valence-electron chi connectivity index (χ4n) is 2.28. The molecule has 0 aliphatic heterocycles. The van der Waals surface area contributed by atoms with E-state index in [2.05, 4.69) is 42.8 Å². The summed E-state index contributed by atoms with van der Waals surface area (Å²) in [5, 5.41) is 3.43. The van der Waals surface area contributed by atoms with Gasteiger partial charge in [-0.25, -0.2) is 4.98 Å². The van der Waals surface area contributed by atoms with Gasteiger partial charge in [0.15, 0.2) is 0 Å². The number of nitrogens with one attached hydrogen (secondary N) is 1. The molecular formula is C16H25N3. The van der Waals surface area contributed by atoms with Crippen molar-refractivity contribution in [2.75, 3.05) is 18.0 Å². The molecule has 0 aromatic carbocycles. The zero-order valence-electron chi connectivity index (χ0n) is 12.2. The van der Waals surface area contributed by atoms with Crippen molar-refractivity contribution < 1.29 is 0 Å². The monoisotopic (exact) mass is 259 g/mol. The van der Waals surface area contributed by atoms with E-state index in [1.54, 1.807) is 0 Å². The highest BCUT2D eigenvalue weighted by atomic mass is 15.2. The Morgan fingerprint density at radius 3 is 2.84 bits per heavy atom. The van der Waals surface area contributed by atoms with Crippen molar-refractivity contribution >= 4 is 5.82 Å². The van der Waals surface area contributed by atoms with Crippen LogP contribution in [0, 0.1) is 6.92 Å². The van der Waals surface area contributed by atoms with Gasteiger partial charge in [0.1, 0.15) is 5.82 Å². The van der Waals surface area contributed by atoms with E-state index in [1.165, 1.54) is 24.8 Å². The first-order valence-electron chi connectivity index (χ1n) is 7.31. The summed E-state index contributed by atoms with van der Waals surface area (Å²) in [6.45, 7) is 11.0. The predicted molar refractivity (Wildman–Crippen MR) is 81.5 cm³/mol. The quantitative estimate of drug-likeness (QED) is 0.574. The number of nitrogens with zero attached hydrogens (tertiary/aromatic N) is 2. The second-order valence-electron chi connectivity index (χ2n) is 5.26. The molecule has 2 rings (SSSR count). The maximum absolute atomic E-state index is 4.77. The summed E-state index contributed by atoms with van der Waals surface area (Å²) in [5.74, 6) is 1.10. The molecule has 3 heteroatoms. The van der Waals surface area contributed by atoms with Crippen LogP contribution in [0.4, 0.5) is 5.82 Å². The van der Waals surface area contributed by atoms with Crippen LogP contribution in [0.5, 0.6) is 0 Å². The van der Waals surface area contributed by atoms with Gasteiger partial charge in [-0.1, -0.05) is 19.1 Å². The molecule has 0 radical (unpaired) electrons. The Bertz CT molecular complexity index is 424. The highest BCUT2D eigenvalue weighted by Gasteiger charge is 2.29. The minimum atomic E-state index is 0.675. The number of rotatable bonds is 8. The van der Waals surface area contributed by atoms with Crippen LogP contribution in [0.1, 0.15) is 37.4 Å². The molecule has 0 unspecified atom stereocenters. The van der Waals surface area contributed by atoms with Crippen LogP contribution in [0.3, 0.4) is 0 Å². The standard InChI is InChI=1S/C16H25N3/c1-4-10-17-12-14-6-9-16(18-13(14)3)19(11-5-2)15-7-8-15/h5-6,9,15,17H,2,4,7-8,10-12H2,1,3H3. The molecule has 0 saturated heterocycles. The Kier molecular flexibility index (Phi) is 4.97. The molecule has 1 heterocycles. The molecule has 0 amide bonds. The summed E-state index contributed by atoms with van der Waals surface area (Å²) < 4.78 is 0. The first-order chi connectivity index (χ1) is 9.26. The van der Waals surface area contributed by atoms with Gasteiger partial charge in [-0.3, -0.25) is 0 Å². The molecule has 0 atom stereocenters. The van der Waals surface area contributed by atoms with Crippen LogP contribution in [0.2, 0.25) is 0 Å². The van der Waals surface area contributed by atoms with Gasteiger partial charge in [0.2, 0.25) is 0 Å². The lowest BCUT2D eigenvalue weighted by molar-refractivity contribution is 0.670. The molecule has 1 aliphatic carbocycles. The maximum atomic E-state index is 4.77. The van der Waals surface area contributed by atoms with E-state index in [0.717, 1.165) is 31.1 Å². The summed E-state index contributed by atoms with van der Waals surface area (Å²) in [7, 11) is 0. The average Bonchev–Trinajstić information content (AvgIpc) is 3.22. The van der Waals surface area contributed by atoms with E-state index < -0.39 is 0 Å². The van der Waals surface area contributed by atoms with Crippen LogP contribution in [0.15, 0.2) is 24.8 Å². The van der Waals surface area contributed by atoms with Gasteiger partial charge in [-0.15, -0.1) is 6.58 Å². The number of aromatic nitrogens is 1. The largest absolute Gasteiger partial charge is 0.350 e. The third-order valence-electron chi connectivity index (χ3n) is 3.53. The van der Waals surface area contributed by atoms with E-state index in [1.807, 2.05) is 6.08 Å². The highest BCUT2D eigenvalue weighted by Crippen LogP contribution is 2.30. The summed E-state index contributed by atoms with van der Waals surface area (Å²) >= 11 is 0. The summed E-state index contributed by atoms with van der Waals surface area (Å²) in [4.78, 5) is 7.13. The van der Waals surface area contributed by atoms with E-state index in [-0.39, 0.29) is 0 Å². The predicted octanol–water partition coefficient (Wildman–Crippen LogP) is 3.04. The fourth-order valence-corrected chi connectivity index (χ4v) is 2.28. The van der Waals surface area contributed by atoms with Crippen molar-refractivity contribution in [3.63, 3.8) is 0 Å². The summed E-state index contributed by atoms with van der Waals surface area (Å²) in [5.41, 5.74) is 2.43. The SMILES string of the molecule is C=CCN(c1ccc(CNCCC)c(C)n1)C1CC1. The summed E-state index contributed by atoms with van der Waals surface area (Å²) in [6.07, 6.45) is 5.70. The Balaban J connectivity index is 2.06. The smallest absolute Gasteiger partial charge is 0.129 e. The Morgan fingerprint density at radius 2 is 2.26 bits per heavy atom. The number of hydrogen-bond donors (Lipinski definition) is 1. The van der Waals surface area contributed by atoms with Gasteiger partial charge < -0.3 is 10.2 Å². The van der Waals surface area contributed by atoms with Crippen LogP contribution < -0.4 is 10.2 Å². The molecular weight excluding hydrogens is 234 g/mol. The number of pyridine rings is 1. The van der Waals surface area contributed by atoms with Crippen molar-refractivity contribution in [3.8, 4) is 0 Å². The maximum Gasteiger partial charge on any atom is 0.129 e. The first kappa shape index (κ1) is 14.1. The Labute approximate surface area is 116 Å². The van der Waals surface area contributed by atoms with Gasteiger partial charge in [-0.2, -0.15) is 0 Å². The van der Waals surface area contributed by atoms with Crippen molar-refractivity contribution in [3.05, 3.63) is 36.0 Å². The van der Waals surface area contributed by atoms with Crippen molar-refractivity contribution in [1.29, 1.82) is 0 Å². The third-order valence-corrected chi connectivity index (χ3v) is 3.53. The van der Waals surface area contributed by atoms with Crippen LogP contribution in [-0.2, 0) is 6.54 Å². The molecule has 1 saturated carbocycles. The average molecular weight is 259 g/mol. The molecule has 1 N–H and O–H groups in total. The number of hydrogen-bond acceptors (Lipinski definition) is 3. The van der Waals surface area contributed by atoms with Crippen LogP contribution >= 0.6 is 0 Å². The van der Waals surface area contributed by atoms with Gasteiger partial charge in [-0.05, 0) is 44.4 Å². The summed E-state index contributed by atoms with van der Waals surface area (Å²) in [6, 6.07) is 5.03. The minimum Gasteiger partial charge on any atom is -0.350 e. The van der Waals surface area contributed by atoms with E-state index in [9.17, 15) is 0 Å². The fraction of sp³-hybridized carbons (Fsp3) is 0.562. The molecule has 1 aromatic heterocycles. The minimum absolute atomic E-state index is 0.675. The lowest BCUT2D eigenvalue weighted by atomic mass is 10.2. The number of anilines is 1. The van der Waals surface area contributed by atoms with E-state index in [0.29, 0.717) is 6.04 Å². The molecule has 0 bridgehead atoms. The van der Waals surface area contributed by atoms with Crippen molar-refractivity contribution in [1.82, 2.24) is 10.3 Å². The van der Waals surface area contributed by atoms with Gasteiger partial charge in [0.25, 0.3) is 0 Å². The van der Waals surface area contributed by atoms with Crippen molar-refractivity contribution in [2.45, 2.75) is 45.7 Å². The first-order valence-corrected chi connectivity index (χ1v) is 7.31. The molecule has 0 spiro atoms. The molecule has 104 valence electrons. The Hall–Kier alpha value is -1.35. The van der Waals surface area contributed by atoms with Crippen molar-refractivity contribution in [2.24, 2.45) is 0 Å². The topological polar surface area (TPSA) is 28.2 Å². The molecule has 1 aromatic rings. The zero-order chi connectivity index (χ0) is 13.7. The van der Waals surface area contributed by atoms with Gasteiger partial charge in [0.05, 0.1) is 0 Å². The lowest BCUT2D eigenvalue weighted by Crippen LogP contribution is -2.27. The van der Waals surface area contributed by atoms with Gasteiger partial charge >= 0.3 is 0 Å².